The highest BCUT2D eigenvalue weighted by Gasteiger charge is 2.30. The maximum Gasteiger partial charge on any atom is 0.189 e. The lowest BCUT2D eigenvalue weighted by atomic mass is 9.92. The first kappa shape index (κ1) is 13.6. The van der Waals surface area contributed by atoms with Crippen LogP contribution < -0.4 is 0 Å². The second-order valence-corrected chi connectivity index (χ2v) is 5.39. The fourth-order valence-electron chi connectivity index (χ4n) is 2.77. The highest BCUT2D eigenvalue weighted by Crippen LogP contribution is 2.37. The van der Waals surface area contributed by atoms with Crippen molar-refractivity contribution in [2.45, 2.75) is 25.4 Å². The van der Waals surface area contributed by atoms with Gasteiger partial charge >= 0.3 is 0 Å². The second-order valence-electron chi connectivity index (χ2n) is 5.39. The van der Waals surface area contributed by atoms with E-state index < -0.39 is 0 Å². The smallest absolute Gasteiger partial charge is 0.189 e. The van der Waals surface area contributed by atoms with Gasteiger partial charge in [-0.05, 0) is 12.5 Å². The van der Waals surface area contributed by atoms with Gasteiger partial charge in [-0.15, -0.1) is 0 Å². The van der Waals surface area contributed by atoms with Crippen molar-refractivity contribution >= 4 is 5.78 Å². The first-order valence-corrected chi connectivity index (χ1v) is 7.25. The van der Waals surface area contributed by atoms with Crippen molar-refractivity contribution in [2.24, 2.45) is 0 Å². The van der Waals surface area contributed by atoms with E-state index in [0.29, 0.717) is 11.5 Å². The molecule has 0 spiro atoms. The summed E-state index contributed by atoms with van der Waals surface area (Å²) in [5, 5.41) is 0. The first-order chi connectivity index (χ1) is 10.2. The standard InChI is InChI=1S/C19H18O2/c1-14-18(15-8-4-2-5-9-15)12-17(21-14)13-19(20)16-10-6-3-7-11-16/h2-11,13-14,18H,12H2,1H3/b17-13+/t14-,18-/m0/s1. The van der Waals surface area contributed by atoms with Gasteiger partial charge in [0.2, 0.25) is 0 Å². The lowest BCUT2D eigenvalue weighted by Gasteiger charge is -2.13. The van der Waals surface area contributed by atoms with E-state index in [9.17, 15) is 4.79 Å². The van der Waals surface area contributed by atoms with Crippen LogP contribution in [0.3, 0.4) is 0 Å². The second kappa shape index (κ2) is 5.96. The number of allylic oxidation sites excluding steroid dienone is 2. The average Bonchev–Trinajstić information content (AvgIpc) is 2.89. The molecule has 2 heteroatoms. The Morgan fingerprint density at radius 1 is 1.05 bits per heavy atom. The van der Waals surface area contributed by atoms with Crippen LogP contribution in [-0.2, 0) is 4.74 Å². The van der Waals surface area contributed by atoms with Crippen LogP contribution in [0.25, 0.3) is 0 Å². The quantitative estimate of drug-likeness (QED) is 0.616. The summed E-state index contributed by atoms with van der Waals surface area (Å²) in [7, 11) is 0. The van der Waals surface area contributed by atoms with E-state index in [1.54, 1.807) is 6.08 Å². The molecule has 106 valence electrons. The summed E-state index contributed by atoms with van der Waals surface area (Å²) in [6, 6.07) is 19.6. The van der Waals surface area contributed by atoms with Crippen LogP contribution in [0.2, 0.25) is 0 Å². The van der Waals surface area contributed by atoms with E-state index in [2.05, 4.69) is 19.1 Å². The molecular weight excluding hydrogens is 260 g/mol. The summed E-state index contributed by atoms with van der Waals surface area (Å²) in [5.74, 6) is 1.11. The maximum absolute atomic E-state index is 12.2. The number of benzene rings is 2. The number of carbonyl (C=O) groups excluding carboxylic acids is 1. The zero-order valence-corrected chi connectivity index (χ0v) is 12.0. The summed E-state index contributed by atoms with van der Waals surface area (Å²) >= 11 is 0. The van der Waals surface area contributed by atoms with Gasteiger partial charge in [0.05, 0.1) is 0 Å². The summed E-state index contributed by atoms with van der Waals surface area (Å²) < 4.78 is 5.86. The van der Waals surface area contributed by atoms with E-state index in [1.165, 1.54) is 5.56 Å². The number of hydrogen-bond donors (Lipinski definition) is 0. The molecule has 2 aromatic rings. The van der Waals surface area contributed by atoms with Gasteiger partial charge in [0, 0.05) is 24.0 Å². The molecule has 0 aromatic heterocycles. The van der Waals surface area contributed by atoms with Crippen LogP contribution in [0, 0.1) is 0 Å². The van der Waals surface area contributed by atoms with Crippen LogP contribution in [0.1, 0.15) is 35.2 Å². The van der Waals surface area contributed by atoms with Gasteiger partial charge in [0.1, 0.15) is 11.9 Å². The van der Waals surface area contributed by atoms with Crippen LogP contribution in [0.15, 0.2) is 72.5 Å². The molecule has 0 radical (unpaired) electrons. The molecule has 2 nitrogen and oxygen atoms in total. The minimum absolute atomic E-state index is 0.00603. The number of hydrogen-bond acceptors (Lipinski definition) is 2. The third kappa shape index (κ3) is 3.05. The molecule has 0 aliphatic carbocycles. The predicted molar refractivity (Wildman–Crippen MR) is 83.2 cm³/mol. The Hall–Kier alpha value is -2.35. The van der Waals surface area contributed by atoms with Crippen molar-refractivity contribution in [3.05, 3.63) is 83.6 Å². The van der Waals surface area contributed by atoms with Gasteiger partial charge in [0.15, 0.2) is 5.78 Å². The van der Waals surface area contributed by atoms with Crippen molar-refractivity contribution in [1.29, 1.82) is 0 Å². The zero-order chi connectivity index (χ0) is 14.7. The molecule has 3 rings (SSSR count). The number of ketones is 1. The molecule has 0 N–H and O–H groups in total. The highest BCUT2D eigenvalue weighted by molar-refractivity contribution is 6.04. The molecule has 2 atom stereocenters. The van der Waals surface area contributed by atoms with Gasteiger partial charge in [-0.25, -0.2) is 0 Å². The fourth-order valence-corrected chi connectivity index (χ4v) is 2.77. The van der Waals surface area contributed by atoms with Crippen LogP contribution in [-0.4, -0.2) is 11.9 Å². The molecule has 0 amide bonds. The summed E-state index contributed by atoms with van der Waals surface area (Å²) in [6.45, 7) is 2.06. The van der Waals surface area contributed by atoms with E-state index in [4.69, 9.17) is 4.74 Å². The SMILES string of the molecule is C[C@@H]1O/C(=C/C(=O)c2ccccc2)C[C@@H]1c1ccccc1. The predicted octanol–water partition coefficient (Wildman–Crippen LogP) is 4.35. The van der Waals surface area contributed by atoms with E-state index >= 15 is 0 Å². The Morgan fingerprint density at radius 3 is 2.33 bits per heavy atom. The Balaban J connectivity index is 1.77. The van der Waals surface area contributed by atoms with Gasteiger partial charge in [-0.1, -0.05) is 60.7 Å². The lowest BCUT2D eigenvalue weighted by Crippen LogP contribution is -2.08. The van der Waals surface area contributed by atoms with Gasteiger partial charge < -0.3 is 4.74 Å². The number of ether oxygens (including phenoxy) is 1. The Labute approximate surface area is 125 Å². The van der Waals surface area contributed by atoms with Crippen LogP contribution in [0.4, 0.5) is 0 Å². The normalized spacial score (nSPS) is 23.0. The third-order valence-electron chi connectivity index (χ3n) is 3.90. The van der Waals surface area contributed by atoms with E-state index in [-0.39, 0.29) is 11.9 Å². The average molecular weight is 278 g/mol. The minimum atomic E-state index is 0.00603. The lowest BCUT2D eigenvalue weighted by molar-refractivity contribution is 0.103. The van der Waals surface area contributed by atoms with Crippen molar-refractivity contribution in [3.63, 3.8) is 0 Å². The van der Waals surface area contributed by atoms with Gasteiger partial charge in [-0.3, -0.25) is 4.79 Å². The molecule has 1 aliphatic heterocycles. The van der Waals surface area contributed by atoms with E-state index in [1.807, 2.05) is 48.5 Å². The van der Waals surface area contributed by atoms with Gasteiger partial charge in [0.25, 0.3) is 0 Å². The number of carbonyl (C=O) groups is 1. The van der Waals surface area contributed by atoms with Crippen molar-refractivity contribution in [3.8, 4) is 0 Å². The fraction of sp³-hybridized carbons (Fsp3) is 0.211. The molecule has 1 fully saturated rings. The zero-order valence-electron chi connectivity index (χ0n) is 12.0. The minimum Gasteiger partial charge on any atom is -0.494 e. The van der Waals surface area contributed by atoms with Crippen molar-refractivity contribution in [1.82, 2.24) is 0 Å². The van der Waals surface area contributed by atoms with Crippen molar-refractivity contribution < 1.29 is 9.53 Å². The summed E-state index contributed by atoms with van der Waals surface area (Å²) in [6.07, 6.45) is 2.51. The molecule has 21 heavy (non-hydrogen) atoms. The topological polar surface area (TPSA) is 26.3 Å². The third-order valence-corrected chi connectivity index (χ3v) is 3.90. The Morgan fingerprint density at radius 2 is 1.67 bits per heavy atom. The summed E-state index contributed by atoms with van der Waals surface area (Å²) in [5.41, 5.74) is 1.96. The molecule has 2 aromatic carbocycles. The Bertz CT molecular complexity index is 644. The van der Waals surface area contributed by atoms with Crippen molar-refractivity contribution in [2.75, 3.05) is 0 Å². The molecule has 0 saturated carbocycles. The monoisotopic (exact) mass is 278 g/mol. The largest absolute Gasteiger partial charge is 0.494 e. The van der Waals surface area contributed by atoms with Crippen LogP contribution >= 0.6 is 0 Å². The molecular formula is C19H18O2. The number of rotatable bonds is 3. The summed E-state index contributed by atoms with van der Waals surface area (Å²) in [4.78, 5) is 12.2. The van der Waals surface area contributed by atoms with Gasteiger partial charge in [-0.2, -0.15) is 0 Å². The van der Waals surface area contributed by atoms with Crippen LogP contribution in [0.5, 0.6) is 0 Å². The molecule has 0 unspecified atom stereocenters. The molecule has 0 bridgehead atoms. The van der Waals surface area contributed by atoms with E-state index in [0.717, 1.165) is 12.2 Å². The molecule has 1 heterocycles. The first-order valence-electron chi connectivity index (χ1n) is 7.25. The highest BCUT2D eigenvalue weighted by atomic mass is 16.5. The molecule has 1 saturated heterocycles. The maximum atomic E-state index is 12.2. The molecule has 1 aliphatic rings. The Kier molecular flexibility index (Phi) is 3.87.